The Morgan fingerprint density at radius 3 is 2.18 bits per heavy atom. The quantitative estimate of drug-likeness (QED) is 0.292. The summed E-state index contributed by atoms with van der Waals surface area (Å²) in [6.07, 6.45) is 0.751. The number of anilines is 1. The molecule has 1 atom stereocenters. The van der Waals surface area contributed by atoms with Gasteiger partial charge in [0.1, 0.15) is 18.3 Å². The SMILES string of the molecule is CCCNC(=O)[C@@H](C)N(Cc1ccc(Br)cc1)C(=O)CN(c1ccccc1)S(=O)(=O)c1ccc(OCC)cc1. The fraction of sp³-hybridized carbons (Fsp3) is 0.310. The third-order valence-electron chi connectivity index (χ3n) is 6.03. The van der Waals surface area contributed by atoms with Gasteiger partial charge in [-0.2, -0.15) is 0 Å². The van der Waals surface area contributed by atoms with E-state index in [9.17, 15) is 18.0 Å². The standard InChI is InChI=1S/C29H34BrN3O5S/c1-4-19-31-29(35)22(3)32(20-23-11-13-24(30)14-12-23)28(34)21-33(25-9-7-6-8-10-25)39(36,37)27-17-15-26(16-18-27)38-5-2/h6-18,22H,4-5,19-21H2,1-3H3,(H,31,35)/t22-/m1/s1. The molecule has 0 aromatic heterocycles. The van der Waals surface area contributed by atoms with Crippen LogP contribution in [0.5, 0.6) is 5.75 Å². The van der Waals surface area contributed by atoms with Crippen LogP contribution in [0.15, 0.2) is 88.2 Å². The van der Waals surface area contributed by atoms with Crippen LogP contribution in [0, 0.1) is 0 Å². The van der Waals surface area contributed by atoms with Gasteiger partial charge in [-0.3, -0.25) is 13.9 Å². The minimum atomic E-state index is -4.13. The fourth-order valence-corrected chi connectivity index (χ4v) is 5.57. The van der Waals surface area contributed by atoms with E-state index in [4.69, 9.17) is 4.74 Å². The molecule has 0 saturated carbocycles. The molecule has 0 aliphatic heterocycles. The van der Waals surface area contributed by atoms with E-state index in [1.807, 2.05) is 38.1 Å². The Kier molecular flexibility index (Phi) is 10.9. The van der Waals surface area contributed by atoms with E-state index >= 15 is 0 Å². The molecule has 8 nitrogen and oxygen atoms in total. The number of rotatable bonds is 13. The molecule has 0 aliphatic rings. The molecule has 0 fully saturated rings. The summed E-state index contributed by atoms with van der Waals surface area (Å²) in [4.78, 5) is 28.2. The Hall–Kier alpha value is -3.37. The second-order valence-corrected chi connectivity index (χ2v) is 11.6. The molecule has 0 spiro atoms. The summed E-state index contributed by atoms with van der Waals surface area (Å²) in [6.45, 7) is 6.02. The van der Waals surface area contributed by atoms with Gasteiger partial charge in [0.2, 0.25) is 11.8 Å². The maximum absolute atomic E-state index is 13.8. The highest BCUT2D eigenvalue weighted by Crippen LogP contribution is 2.26. The Morgan fingerprint density at radius 2 is 1.59 bits per heavy atom. The minimum Gasteiger partial charge on any atom is -0.494 e. The second-order valence-electron chi connectivity index (χ2n) is 8.87. The van der Waals surface area contributed by atoms with Crippen LogP contribution in [-0.4, -0.2) is 50.9 Å². The molecule has 3 aromatic rings. The van der Waals surface area contributed by atoms with Crippen molar-refractivity contribution < 1.29 is 22.7 Å². The van der Waals surface area contributed by atoms with E-state index in [0.29, 0.717) is 24.6 Å². The summed E-state index contributed by atoms with van der Waals surface area (Å²) >= 11 is 3.41. The van der Waals surface area contributed by atoms with Gasteiger partial charge in [0.25, 0.3) is 10.0 Å². The number of nitrogens with zero attached hydrogens (tertiary/aromatic N) is 2. The fourth-order valence-electron chi connectivity index (χ4n) is 3.89. The van der Waals surface area contributed by atoms with Crippen molar-refractivity contribution in [1.29, 1.82) is 0 Å². The van der Waals surface area contributed by atoms with Gasteiger partial charge in [-0.1, -0.05) is 53.2 Å². The smallest absolute Gasteiger partial charge is 0.264 e. The number of hydrogen-bond acceptors (Lipinski definition) is 5. The van der Waals surface area contributed by atoms with Crippen LogP contribution in [-0.2, 0) is 26.2 Å². The number of hydrogen-bond donors (Lipinski definition) is 1. The molecule has 10 heteroatoms. The summed E-state index contributed by atoms with van der Waals surface area (Å²) in [7, 11) is -4.13. The lowest BCUT2D eigenvalue weighted by atomic mass is 10.1. The largest absolute Gasteiger partial charge is 0.494 e. The van der Waals surface area contributed by atoms with Crippen LogP contribution in [0.1, 0.15) is 32.8 Å². The van der Waals surface area contributed by atoms with Gasteiger partial charge >= 0.3 is 0 Å². The Labute approximate surface area is 239 Å². The number of carbonyl (C=O) groups is 2. The highest BCUT2D eigenvalue weighted by molar-refractivity contribution is 9.10. The zero-order valence-corrected chi connectivity index (χ0v) is 24.7. The van der Waals surface area contributed by atoms with Gasteiger partial charge in [0.15, 0.2) is 0 Å². The van der Waals surface area contributed by atoms with E-state index in [-0.39, 0.29) is 17.3 Å². The van der Waals surface area contributed by atoms with E-state index in [1.54, 1.807) is 49.4 Å². The Bertz CT molecular complexity index is 1330. The number of nitrogens with one attached hydrogen (secondary N) is 1. The van der Waals surface area contributed by atoms with Crippen molar-refractivity contribution >= 4 is 43.5 Å². The molecule has 0 saturated heterocycles. The van der Waals surface area contributed by atoms with Crippen molar-refractivity contribution in [2.75, 3.05) is 24.0 Å². The molecule has 3 aromatic carbocycles. The first kappa shape index (κ1) is 30.2. The highest BCUT2D eigenvalue weighted by atomic mass is 79.9. The molecule has 0 aliphatic carbocycles. The molecule has 0 radical (unpaired) electrons. The molecule has 2 amide bonds. The number of ether oxygens (including phenoxy) is 1. The molecule has 3 rings (SSSR count). The van der Waals surface area contributed by atoms with Crippen LogP contribution in [0.2, 0.25) is 0 Å². The number of para-hydroxylation sites is 1. The first-order valence-corrected chi connectivity index (χ1v) is 15.0. The second kappa shape index (κ2) is 14.1. The number of benzene rings is 3. The summed E-state index contributed by atoms with van der Waals surface area (Å²) in [5.41, 5.74) is 1.15. The van der Waals surface area contributed by atoms with Crippen molar-refractivity contribution in [3.8, 4) is 5.75 Å². The van der Waals surface area contributed by atoms with Gasteiger partial charge < -0.3 is 15.0 Å². The average molecular weight is 617 g/mol. The monoisotopic (exact) mass is 615 g/mol. The third kappa shape index (κ3) is 8.06. The summed E-state index contributed by atoms with van der Waals surface area (Å²) < 4.78 is 35.1. The lowest BCUT2D eigenvalue weighted by Crippen LogP contribution is -2.51. The Morgan fingerprint density at radius 1 is 0.949 bits per heavy atom. The molecular weight excluding hydrogens is 582 g/mol. The molecule has 39 heavy (non-hydrogen) atoms. The Balaban J connectivity index is 1.97. The van der Waals surface area contributed by atoms with Crippen molar-refractivity contribution in [3.63, 3.8) is 0 Å². The third-order valence-corrected chi connectivity index (χ3v) is 8.35. The van der Waals surface area contributed by atoms with Crippen LogP contribution in [0.4, 0.5) is 5.69 Å². The van der Waals surface area contributed by atoms with Crippen LogP contribution < -0.4 is 14.4 Å². The van der Waals surface area contributed by atoms with Crippen LogP contribution >= 0.6 is 15.9 Å². The topological polar surface area (TPSA) is 96.0 Å². The maximum Gasteiger partial charge on any atom is 0.264 e. The predicted octanol–water partition coefficient (Wildman–Crippen LogP) is 4.99. The normalized spacial score (nSPS) is 11.9. The van der Waals surface area contributed by atoms with E-state index in [2.05, 4.69) is 21.2 Å². The molecular formula is C29H34BrN3O5S. The zero-order chi connectivity index (χ0) is 28.4. The summed E-state index contributed by atoms with van der Waals surface area (Å²) in [5.74, 6) is -0.259. The molecule has 208 valence electrons. The number of sulfonamides is 1. The number of amides is 2. The van der Waals surface area contributed by atoms with Crippen molar-refractivity contribution in [2.45, 2.75) is 44.7 Å². The van der Waals surface area contributed by atoms with Gasteiger partial charge in [0.05, 0.1) is 17.2 Å². The lowest BCUT2D eigenvalue weighted by Gasteiger charge is -2.32. The van der Waals surface area contributed by atoms with E-state index in [1.165, 1.54) is 17.0 Å². The zero-order valence-electron chi connectivity index (χ0n) is 22.3. The highest BCUT2D eigenvalue weighted by Gasteiger charge is 2.32. The van der Waals surface area contributed by atoms with Gasteiger partial charge in [-0.25, -0.2) is 8.42 Å². The lowest BCUT2D eigenvalue weighted by molar-refractivity contribution is -0.139. The van der Waals surface area contributed by atoms with Gasteiger partial charge in [0, 0.05) is 17.6 Å². The van der Waals surface area contributed by atoms with E-state index < -0.39 is 28.5 Å². The van der Waals surface area contributed by atoms with Crippen molar-refractivity contribution in [2.24, 2.45) is 0 Å². The first-order chi connectivity index (χ1) is 18.7. The van der Waals surface area contributed by atoms with Gasteiger partial charge in [-0.05, 0) is 74.4 Å². The van der Waals surface area contributed by atoms with Crippen LogP contribution in [0.3, 0.4) is 0 Å². The molecule has 0 heterocycles. The minimum absolute atomic E-state index is 0.0239. The van der Waals surface area contributed by atoms with Gasteiger partial charge in [-0.15, -0.1) is 0 Å². The van der Waals surface area contributed by atoms with E-state index in [0.717, 1.165) is 20.8 Å². The molecule has 1 N–H and O–H groups in total. The first-order valence-electron chi connectivity index (χ1n) is 12.8. The predicted molar refractivity (Wildman–Crippen MR) is 156 cm³/mol. The van der Waals surface area contributed by atoms with Crippen LogP contribution in [0.25, 0.3) is 0 Å². The van der Waals surface area contributed by atoms with Crippen molar-refractivity contribution in [3.05, 3.63) is 88.9 Å². The van der Waals surface area contributed by atoms with Crippen molar-refractivity contribution in [1.82, 2.24) is 10.2 Å². The average Bonchev–Trinajstić information content (AvgIpc) is 2.94. The number of halogens is 1. The summed E-state index contributed by atoms with van der Waals surface area (Å²) in [6, 6.07) is 21.1. The number of carbonyl (C=O) groups excluding carboxylic acids is 2. The molecule has 0 bridgehead atoms. The summed E-state index contributed by atoms with van der Waals surface area (Å²) in [5, 5.41) is 2.83. The maximum atomic E-state index is 13.8. The molecule has 0 unspecified atom stereocenters.